The Bertz CT molecular complexity index is 1920. The average Bonchev–Trinajstić information content (AvgIpc) is 3.55. The summed E-state index contributed by atoms with van der Waals surface area (Å²) < 4.78 is 45.5. The van der Waals surface area contributed by atoms with E-state index in [-0.39, 0.29) is 32.5 Å². The molecule has 5 atom stereocenters. The van der Waals surface area contributed by atoms with Crippen molar-refractivity contribution in [2.75, 3.05) is 26.4 Å². The summed E-state index contributed by atoms with van der Waals surface area (Å²) in [5, 5.41) is 11.8. The first-order valence-electron chi connectivity index (χ1n) is 18.1. The zero-order chi connectivity index (χ0) is 36.1. The highest BCUT2D eigenvalue weighted by atomic mass is 35.5. The van der Waals surface area contributed by atoms with E-state index in [0.29, 0.717) is 36.8 Å². The molecular weight excluding hydrogens is 692 g/mol. The van der Waals surface area contributed by atoms with Crippen molar-refractivity contribution >= 4 is 11.6 Å². The summed E-state index contributed by atoms with van der Waals surface area (Å²) in [6, 6.07) is 43.7. The monoisotopic (exact) mass is 734 g/mol. The van der Waals surface area contributed by atoms with Crippen LogP contribution in [0.1, 0.15) is 33.4 Å². The molecule has 274 valence electrons. The second-order valence-corrected chi connectivity index (χ2v) is 14.3. The van der Waals surface area contributed by atoms with Crippen LogP contribution in [0.5, 0.6) is 5.75 Å². The number of fused-ring (bicyclic) bond motifs is 2. The van der Waals surface area contributed by atoms with Crippen molar-refractivity contribution in [3.8, 4) is 5.75 Å². The Hall–Kier alpha value is -4.09. The van der Waals surface area contributed by atoms with E-state index in [1.807, 2.05) is 133 Å². The van der Waals surface area contributed by atoms with Gasteiger partial charge in [-0.1, -0.05) is 121 Å². The van der Waals surface area contributed by atoms with Crippen LogP contribution in [0, 0.1) is 0 Å². The molecular formula is C44H43ClO8. The van der Waals surface area contributed by atoms with Gasteiger partial charge in [0.05, 0.1) is 46.2 Å². The van der Waals surface area contributed by atoms with Gasteiger partial charge in [0.1, 0.15) is 35.8 Å². The van der Waals surface area contributed by atoms with E-state index in [2.05, 4.69) is 0 Å². The minimum absolute atomic E-state index is 0.0603. The molecule has 0 aromatic heterocycles. The lowest BCUT2D eigenvalue weighted by Crippen LogP contribution is -2.67. The van der Waals surface area contributed by atoms with Crippen LogP contribution in [0.2, 0.25) is 5.02 Å². The number of hydrogen-bond acceptors (Lipinski definition) is 8. The molecule has 3 fully saturated rings. The molecule has 5 aromatic rings. The maximum absolute atomic E-state index is 11.2. The molecule has 0 amide bonds. The molecule has 0 radical (unpaired) electrons. The van der Waals surface area contributed by atoms with Crippen LogP contribution in [0.4, 0.5) is 0 Å². The van der Waals surface area contributed by atoms with E-state index in [0.717, 1.165) is 33.6 Å². The van der Waals surface area contributed by atoms with E-state index in [1.165, 1.54) is 0 Å². The van der Waals surface area contributed by atoms with Gasteiger partial charge in [-0.05, 0) is 58.5 Å². The Kier molecular flexibility index (Phi) is 10.9. The lowest BCUT2D eigenvalue weighted by molar-refractivity contribution is -0.353. The Morgan fingerprint density at radius 1 is 0.660 bits per heavy atom. The molecule has 0 saturated carbocycles. The predicted octanol–water partition coefficient (Wildman–Crippen LogP) is 7.41. The smallest absolute Gasteiger partial charge is 0.225 e. The summed E-state index contributed by atoms with van der Waals surface area (Å²) >= 11 is 6.88. The van der Waals surface area contributed by atoms with Crippen molar-refractivity contribution in [2.45, 2.75) is 62.0 Å². The van der Waals surface area contributed by atoms with Crippen LogP contribution in [-0.2, 0) is 60.4 Å². The molecule has 3 heterocycles. The summed E-state index contributed by atoms with van der Waals surface area (Å²) in [5.41, 5.74) is 4.38. The fourth-order valence-corrected chi connectivity index (χ4v) is 7.42. The third-order valence-corrected chi connectivity index (χ3v) is 10.5. The average molecular weight is 735 g/mol. The fraction of sp³-hybridized carbons (Fsp3) is 0.318. The summed E-state index contributed by atoms with van der Waals surface area (Å²) in [7, 11) is 0. The highest BCUT2D eigenvalue weighted by Crippen LogP contribution is 2.53. The highest BCUT2D eigenvalue weighted by molar-refractivity contribution is 6.31. The van der Waals surface area contributed by atoms with E-state index in [9.17, 15) is 5.11 Å². The second kappa shape index (κ2) is 16.1. The molecule has 8 nitrogen and oxygen atoms in total. The number of ether oxygens (including phenoxy) is 7. The largest absolute Gasteiger partial charge is 0.486 e. The fourth-order valence-electron chi connectivity index (χ4n) is 7.24. The first-order chi connectivity index (χ1) is 26.0. The summed E-state index contributed by atoms with van der Waals surface area (Å²) in [5.74, 6) is -0.645. The maximum Gasteiger partial charge on any atom is 0.225 e. The zero-order valence-electron chi connectivity index (χ0n) is 29.4. The Balaban J connectivity index is 1.15. The summed E-state index contributed by atoms with van der Waals surface area (Å²) in [6.45, 7) is 1.77. The van der Waals surface area contributed by atoms with Crippen molar-refractivity contribution in [3.63, 3.8) is 0 Å². The molecule has 8 rings (SSSR count). The topological polar surface area (TPSA) is 84.8 Å². The first kappa shape index (κ1) is 35.9. The van der Waals surface area contributed by atoms with Crippen molar-refractivity contribution < 1.29 is 38.3 Å². The predicted molar refractivity (Wildman–Crippen MR) is 200 cm³/mol. The number of rotatable bonds is 15. The number of aliphatic hydroxyl groups excluding tert-OH is 1. The van der Waals surface area contributed by atoms with Crippen molar-refractivity contribution in [3.05, 3.63) is 172 Å². The standard InChI is InChI=1S/C44H43ClO8/c45-39-21-18-36(23-35(39)22-31-16-19-37(20-17-31)52-38-27-47-28-38)44-42(50-26-34-14-8-3-9-15-34)40(48-24-32-10-4-1-5-11-32)41(43(29-46,53-44)30-51-44)49-25-33-12-6-2-7-13-33/h1-21,23,38,40-42,46H,22,24-30H2/t40-,41-,42?,43?,44?/m0/s1. The number of benzene rings is 5. The third-order valence-electron chi connectivity index (χ3n) is 10.1. The molecule has 9 heteroatoms. The Morgan fingerprint density at radius 2 is 1.25 bits per heavy atom. The van der Waals surface area contributed by atoms with E-state index in [4.69, 9.17) is 44.8 Å². The van der Waals surface area contributed by atoms with Crippen molar-refractivity contribution in [1.29, 1.82) is 0 Å². The van der Waals surface area contributed by atoms with E-state index < -0.39 is 29.7 Å². The number of aliphatic hydroxyl groups is 1. The molecule has 0 spiro atoms. The van der Waals surface area contributed by atoms with Gasteiger partial charge in [-0.2, -0.15) is 0 Å². The molecule has 53 heavy (non-hydrogen) atoms. The van der Waals surface area contributed by atoms with Crippen molar-refractivity contribution in [1.82, 2.24) is 0 Å². The van der Waals surface area contributed by atoms with Crippen LogP contribution in [0.15, 0.2) is 133 Å². The minimum Gasteiger partial charge on any atom is -0.486 e. The van der Waals surface area contributed by atoms with Crippen LogP contribution in [0.25, 0.3) is 0 Å². The molecule has 5 aromatic carbocycles. The first-order valence-corrected chi connectivity index (χ1v) is 18.5. The van der Waals surface area contributed by atoms with Gasteiger partial charge in [0.2, 0.25) is 5.79 Å². The Labute approximate surface area is 315 Å². The van der Waals surface area contributed by atoms with Gasteiger partial charge in [0.15, 0.2) is 0 Å². The highest BCUT2D eigenvalue weighted by Gasteiger charge is 2.69. The zero-order valence-corrected chi connectivity index (χ0v) is 30.1. The molecule has 2 bridgehead atoms. The lowest BCUT2D eigenvalue weighted by atomic mass is 9.83. The van der Waals surface area contributed by atoms with Crippen LogP contribution < -0.4 is 4.74 Å². The Morgan fingerprint density at radius 3 is 1.81 bits per heavy atom. The van der Waals surface area contributed by atoms with Crippen LogP contribution in [-0.4, -0.2) is 61.6 Å². The van der Waals surface area contributed by atoms with E-state index in [1.54, 1.807) is 0 Å². The lowest BCUT2D eigenvalue weighted by Gasteiger charge is -2.50. The van der Waals surface area contributed by atoms with Gasteiger partial charge in [-0.15, -0.1) is 0 Å². The van der Waals surface area contributed by atoms with Gasteiger partial charge in [-0.25, -0.2) is 0 Å². The summed E-state index contributed by atoms with van der Waals surface area (Å²) in [6.07, 6.45) is -1.60. The van der Waals surface area contributed by atoms with Gasteiger partial charge in [-0.3, -0.25) is 0 Å². The quantitative estimate of drug-likeness (QED) is 0.119. The van der Waals surface area contributed by atoms with Gasteiger partial charge < -0.3 is 38.3 Å². The second-order valence-electron chi connectivity index (χ2n) is 13.9. The molecule has 1 N–H and O–H groups in total. The van der Waals surface area contributed by atoms with Gasteiger partial charge in [0.25, 0.3) is 0 Å². The molecule has 3 saturated heterocycles. The molecule has 3 unspecified atom stereocenters. The van der Waals surface area contributed by atoms with Gasteiger partial charge >= 0.3 is 0 Å². The molecule has 0 aliphatic carbocycles. The minimum atomic E-state index is -1.45. The maximum atomic E-state index is 11.2. The van der Waals surface area contributed by atoms with Gasteiger partial charge in [0, 0.05) is 10.6 Å². The van der Waals surface area contributed by atoms with Crippen LogP contribution >= 0.6 is 11.6 Å². The van der Waals surface area contributed by atoms with Crippen molar-refractivity contribution in [2.24, 2.45) is 0 Å². The van der Waals surface area contributed by atoms with Crippen LogP contribution in [0.3, 0.4) is 0 Å². The number of halogens is 1. The van der Waals surface area contributed by atoms with E-state index >= 15 is 0 Å². The SMILES string of the molecule is OCC12COC(c3ccc(Cl)c(Cc4ccc(OC5COC5)cc4)c3)(O1)C(OCc1ccccc1)[C@@H](OCc1ccccc1)[C@@H]2OCc1ccccc1. The molecule has 3 aliphatic heterocycles. The third kappa shape index (κ3) is 7.78. The number of hydrogen-bond donors (Lipinski definition) is 1. The normalized spacial score (nSPS) is 25.2. The molecule has 3 aliphatic rings. The summed E-state index contributed by atoms with van der Waals surface area (Å²) in [4.78, 5) is 0.